The van der Waals surface area contributed by atoms with Gasteiger partial charge in [-0.25, -0.2) is 13.2 Å². The number of sulfonamides is 1. The molecule has 2 amide bonds. The maximum absolute atomic E-state index is 12.0. The lowest BCUT2D eigenvalue weighted by atomic mass is 10.2. The molecule has 0 aromatic heterocycles. The van der Waals surface area contributed by atoms with Gasteiger partial charge in [-0.2, -0.15) is 4.31 Å². The molecule has 0 saturated carbocycles. The van der Waals surface area contributed by atoms with E-state index in [1.54, 1.807) is 29.3 Å². The lowest BCUT2D eigenvalue weighted by Gasteiger charge is -2.32. The minimum Gasteiger partial charge on any atom is -0.322 e. The molecule has 1 aliphatic rings. The molecule has 0 unspecified atom stereocenters. The molecule has 0 bridgehead atoms. The highest BCUT2D eigenvalue weighted by Crippen LogP contribution is 2.10. The van der Waals surface area contributed by atoms with E-state index in [0.717, 1.165) is 5.56 Å². The largest absolute Gasteiger partial charge is 0.322 e. The highest BCUT2D eigenvalue weighted by molar-refractivity contribution is 7.88. The fourth-order valence-electron chi connectivity index (χ4n) is 2.10. The number of urea groups is 1. The molecule has 0 atom stereocenters. The van der Waals surface area contributed by atoms with Crippen molar-refractivity contribution >= 4 is 33.7 Å². The molecule has 0 radical (unpaired) electrons. The Morgan fingerprint density at radius 2 is 1.77 bits per heavy atom. The molecule has 1 aliphatic heterocycles. The van der Waals surface area contributed by atoms with Crippen LogP contribution in [0.25, 0.3) is 6.08 Å². The molecule has 120 valence electrons. The van der Waals surface area contributed by atoms with Gasteiger partial charge < -0.3 is 10.2 Å². The van der Waals surface area contributed by atoms with Crippen molar-refractivity contribution in [2.75, 3.05) is 32.4 Å². The first-order chi connectivity index (χ1) is 10.4. The predicted molar refractivity (Wildman–Crippen MR) is 87.0 cm³/mol. The fraction of sp³-hybridized carbons (Fsp3) is 0.357. The number of nitrogens with one attached hydrogen (secondary N) is 1. The number of amides is 2. The lowest BCUT2D eigenvalue weighted by molar-refractivity contribution is 0.176. The van der Waals surface area contributed by atoms with Crippen LogP contribution in [-0.2, 0) is 10.0 Å². The smallest absolute Gasteiger partial charge is 0.321 e. The average Bonchev–Trinajstić information content (AvgIpc) is 2.48. The summed E-state index contributed by atoms with van der Waals surface area (Å²) in [6.07, 6.45) is 4.51. The van der Waals surface area contributed by atoms with Crippen molar-refractivity contribution in [1.82, 2.24) is 14.5 Å². The lowest BCUT2D eigenvalue weighted by Crippen LogP contribution is -2.52. The zero-order valence-corrected chi connectivity index (χ0v) is 13.8. The number of rotatable bonds is 3. The number of carbonyl (C=O) groups excluding carboxylic acids is 1. The Bertz CT molecular complexity index is 650. The molecule has 1 aromatic rings. The van der Waals surface area contributed by atoms with E-state index in [2.05, 4.69) is 5.32 Å². The van der Waals surface area contributed by atoms with Crippen molar-refractivity contribution in [2.45, 2.75) is 0 Å². The minimum absolute atomic E-state index is 0.238. The molecule has 2 rings (SSSR count). The molecule has 0 aliphatic carbocycles. The first kappa shape index (κ1) is 16.8. The van der Waals surface area contributed by atoms with Crippen LogP contribution in [0.4, 0.5) is 4.79 Å². The Kier molecular flexibility index (Phi) is 5.44. The SMILES string of the molecule is CS(=O)(=O)N1CCN(C(=O)N/C=C/c2ccc(Cl)cc2)CC1. The molecular weight excluding hydrogens is 326 g/mol. The molecular formula is C14H18ClN3O3S. The number of hydrogen-bond acceptors (Lipinski definition) is 3. The maximum atomic E-state index is 12.0. The van der Waals surface area contributed by atoms with Crippen molar-refractivity contribution in [2.24, 2.45) is 0 Å². The summed E-state index contributed by atoms with van der Waals surface area (Å²) >= 11 is 5.79. The summed E-state index contributed by atoms with van der Waals surface area (Å²) in [5.74, 6) is 0. The molecule has 1 fully saturated rings. The highest BCUT2D eigenvalue weighted by Gasteiger charge is 2.25. The molecule has 0 spiro atoms. The van der Waals surface area contributed by atoms with Gasteiger partial charge >= 0.3 is 6.03 Å². The Morgan fingerprint density at radius 3 is 2.32 bits per heavy atom. The number of hydrogen-bond donors (Lipinski definition) is 1. The van der Waals surface area contributed by atoms with Gasteiger partial charge in [-0.3, -0.25) is 0 Å². The van der Waals surface area contributed by atoms with Crippen molar-refractivity contribution in [3.05, 3.63) is 41.1 Å². The molecule has 1 N–H and O–H groups in total. The normalized spacial score (nSPS) is 16.9. The summed E-state index contributed by atoms with van der Waals surface area (Å²) in [5, 5.41) is 3.33. The van der Waals surface area contributed by atoms with Crippen molar-refractivity contribution in [3.63, 3.8) is 0 Å². The second-order valence-electron chi connectivity index (χ2n) is 4.98. The first-order valence-corrected chi connectivity index (χ1v) is 9.01. The zero-order valence-electron chi connectivity index (χ0n) is 12.2. The zero-order chi connectivity index (χ0) is 16.2. The van der Waals surface area contributed by atoms with Gasteiger partial charge in [-0.05, 0) is 23.8 Å². The summed E-state index contributed by atoms with van der Waals surface area (Å²) in [7, 11) is -3.18. The van der Waals surface area contributed by atoms with Gasteiger partial charge in [-0.1, -0.05) is 23.7 Å². The summed E-state index contributed by atoms with van der Waals surface area (Å²) in [4.78, 5) is 13.6. The van der Waals surface area contributed by atoms with Crippen LogP contribution in [0.5, 0.6) is 0 Å². The van der Waals surface area contributed by atoms with Crippen LogP contribution >= 0.6 is 11.6 Å². The first-order valence-electron chi connectivity index (χ1n) is 6.79. The van der Waals surface area contributed by atoms with Crippen molar-refractivity contribution < 1.29 is 13.2 Å². The number of halogens is 1. The highest BCUT2D eigenvalue weighted by atomic mass is 35.5. The van der Waals surface area contributed by atoms with Gasteiger partial charge in [0.2, 0.25) is 10.0 Å². The van der Waals surface area contributed by atoms with Crippen LogP contribution < -0.4 is 5.32 Å². The molecule has 22 heavy (non-hydrogen) atoms. The predicted octanol–water partition coefficient (Wildman–Crippen LogP) is 1.60. The number of benzene rings is 1. The van der Waals surface area contributed by atoms with Crippen LogP contribution in [0, 0.1) is 0 Å². The quantitative estimate of drug-likeness (QED) is 0.906. The molecule has 1 aromatic carbocycles. The monoisotopic (exact) mass is 343 g/mol. The third-order valence-corrected chi connectivity index (χ3v) is 4.90. The van der Waals surface area contributed by atoms with Crippen molar-refractivity contribution in [1.29, 1.82) is 0 Å². The fourth-order valence-corrected chi connectivity index (χ4v) is 3.05. The average molecular weight is 344 g/mol. The van der Waals surface area contributed by atoms with Gasteiger partial charge in [0.05, 0.1) is 6.26 Å². The van der Waals surface area contributed by atoms with Crippen molar-refractivity contribution in [3.8, 4) is 0 Å². The Hall–Kier alpha value is -1.57. The van der Waals surface area contributed by atoms with E-state index in [4.69, 9.17) is 11.6 Å². The third kappa shape index (κ3) is 4.72. The van der Waals surface area contributed by atoms with Gasteiger partial charge in [0.15, 0.2) is 0 Å². The molecule has 1 saturated heterocycles. The summed E-state index contributed by atoms with van der Waals surface area (Å²) < 4.78 is 24.2. The van der Waals surface area contributed by atoms with Gasteiger partial charge in [0.1, 0.15) is 0 Å². The molecule has 6 nitrogen and oxygen atoms in total. The third-order valence-electron chi connectivity index (χ3n) is 3.35. The van der Waals surface area contributed by atoms with Gasteiger partial charge in [0, 0.05) is 37.4 Å². The van der Waals surface area contributed by atoms with Crippen LogP contribution in [0.15, 0.2) is 30.5 Å². The van der Waals surface area contributed by atoms with Crippen LogP contribution in [0.3, 0.4) is 0 Å². The maximum Gasteiger partial charge on any atom is 0.321 e. The number of nitrogens with zero attached hydrogens (tertiary/aromatic N) is 2. The van der Waals surface area contributed by atoms with E-state index in [-0.39, 0.29) is 6.03 Å². The Morgan fingerprint density at radius 1 is 1.18 bits per heavy atom. The van der Waals surface area contributed by atoms with Crippen LogP contribution in [0.1, 0.15) is 5.56 Å². The van der Waals surface area contributed by atoms with E-state index in [1.807, 2.05) is 12.1 Å². The second-order valence-corrected chi connectivity index (χ2v) is 7.40. The second kappa shape index (κ2) is 7.13. The van der Waals surface area contributed by atoms with Crippen LogP contribution in [-0.4, -0.2) is 56.1 Å². The topological polar surface area (TPSA) is 69.7 Å². The standard InChI is InChI=1S/C14H18ClN3O3S/c1-22(20,21)18-10-8-17(9-11-18)14(19)16-7-6-12-2-4-13(15)5-3-12/h2-7H,8-11H2,1H3,(H,16,19)/b7-6+. The van der Waals surface area contributed by atoms with E-state index in [0.29, 0.717) is 31.2 Å². The van der Waals surface area contributed by atoms with E-state index < -0.39 is 10.0 Å². The summed E-state index contributed by atoms with van der Waals surface area (Å²) in [5.41, 5.74) is 0.923. The number of carbonyl (C=O) groups is 1. The Balaban J connectivity index is 1.82. The molecule has 1 heterocycles. The molecule has 8 heteroatoms. The van der Waals surface area contributed by atoms with E-state index in [1.165, 1.54) is 10.6 Å². The van der Waals surface area contributed by atoms with E-state index >= 15 is 0 Å². The van der Waals surface area contributed by atoms with Gasteiger partial charge in [0.25, 0.3) is 0 Å². The van der Waals surface area contributed by atoms with Gasteiger partial charge in [-0.15, -0.1) is 0 Å². The number of piperazine rings is 1. The summed E-state index contributed by atoms with van der Waals surface area (Å²) in [6.45, 7) is 1.42. The minimum atomic E-state index is -3.18. The Labute approximate surface area is 135 Å². The van der Waals surface area contributed by atoms with E-state index in [9.17, 15) is 13.2 Å². The van der Waals surface area contributed by atoms with Crippen LogP contribution in [0.2, 0.25) is 5.02 Å². The summed E-state index contributed by atoms with van der Waals surface area (Å²) in [6, 6.07) is 6.99.